The normalized spacial score (nSPS) is 14.4. The van der Waals surface area contributed by atoms with Crippen molar-refractivity contribution in [3.05, 3.63) is 47.0 Å². The summed E-state index contributed by atoms with van der Waals surface area (Å²) in [7, 11) is 0. The van der Waals surface area contributed by atoms with E-state index in [-0.39, 0.29) is 0 Å². The standard InChI is InChI=1S/C16H20ClN3O/c1-12-18-7-8-20(12)9-10-21-16-4-2-3-15(17)14(16)11-19-13-5-6-13/h2-4,7-8,13,19H,5-6,9-11H2,1H3. The van der Waals surface area contributed by atoms with Crippen molar-refractivity contribution in [2.75, 3.05) is 6.61 Å². The molecule has 0 spiro atoms. The second kappa shape index (κ2) is 6.50. The molecule has 0 atom stereocenters. The van der Waals surface area contributed by atoms with Gasteiger partial charge in [-0.15, -0.1) is 0 Å². The Kier molecular flexibility index (Phi) is 4.46. The zero-order valence-corrected chi connectivity index (χ0v) is 12.9. The van der Waals surface area contributed by atoms with Crippen LogP contribution >= 0.6 is 11.6 Å². The molecule has 0 radical (unpaired) electrons. The molecule has 0 saturated heterocycles. The second-order valence-electron chi connectivity index (χ2n) is 5.39. The van der Waals surface area contributed by atoms with Crippen molar-refractivity contribution in [2.24, 2.45) is 0 Å². The van der Waals surface area contributed by atoms with Gasteiger partial charge in [-0.05, 0) is 31.9 Å². The number of imidazole rings is 1. The third-order valence-electron chi connectivity index (χ3n) is 3.73. The number of ether oxygens (including phenoxy) is 1. The van der Waals surface area contributed by atoms with E-state index < -0.39 is 0 Å². The van der Waals surface area contributed by atoms with Crippen molar-refractivity contribution < 1.29 is 4.74 Å². The van der Waals surface area contributed by atoms with Crippen LogP contribution in [0, 0.1) is 6.92 Å². The molecule has 1 N–H and O–H groups in total. The van der Waals surface area contributed by atoms with E-state index in [1.807, 2.05) is 31.3 Å². The summed E-state index contributed by atoms with van der Waals surface area (Å²) in [6, 6.07) is 6.48. The third-order valence-corrected chi connectivity index (χ3v) is 4.09. The van der Waals surface area contributed by atoms with Gasteiger partial charge in [-0.2, -0.15) is 0 Å². The molecule has 112 valence electrons. The van der Waals surface area contributed by atoms with E-state index in [0.29, 0.717) is 12.6 Å². The third kappa shape index (κ3) is 3.77. The first-order chi connectivity index (χ1) is 10.2. The highest BCUT2D eigenvalue weighted by Gasteiger charge is 2.21. The molecule has 1 heterocycles. The average molecular weight is 306 g/mol. The van der Waals surface area contributed by atoms with Crippen molar-refractivity contribution in [3.8, 4) is 5.75 Å². The molecule has 0 amide bonds. The Labute approximate surface area is 130 Å². The number of aryl methyl sites for hydroxylation is 1. The summed E-state index contributed by atoms with van der Waals surface area (Å²) in [4.78, 5) is 4.21. The Morgan fingerprint density at radius 1 is 1.43 bits per heavy atom. The van der Waals surface area contributed by atoms with Gasteiger partial charge in [0, 0.05) is 35.6 Å². The molecule has 2 aromatic rings. The van der Waals surface area contributed by atoms with Crippen LogP contribution in [0.2, 0.25) is 5.02 Å². The van der Waals surface area contributed by atoms with Gasteiger partial charge in [0.2, 0.25) is 0 Å². The zero-order chi connectivity index (χ0) is 14.7. The maximum absolute atomic E-state index is 6.30. The molecule has 0 unspecified atom stereocenters. The molecule has 0 aliphatic heterocycles. The van der Waals surface area contributed by atoms with Crippen LogP contribution in [-0.4, -0.2) is 22.2 Å². The fraction of sp³-hybridized carbons (Fsp3) is 0.438. The van der Waals surface area contributed by atoms with E-state index in [4.69, 9.17) is 16.3 Å². The monoisotopic (exact) mass is 305 g/mol. The predicted molar refractivity (Wildman–Crippen MR) is 83.8 cm³/mol. The van der Waals surface area contributed by atoms with Crippen LogP contribution in [0.25, 0.3) is 0 Å². The minimum Gasteiger partial charge on any atom is -0.491 e. The molecule has 0 bridgehead atoms. The molecular weight excluding hydrogens is 286 g/mol. The van der Waals surface area contributed by atoms with Crippen LogP contribution in [0.15, 0.2) is 30.6 Å². The lowest BCUT2D eigenvalue weighted by Gasteiger charge is -2.14. The van der Waals surface area contributed by atoms with E-state index in [2.05, 4.69) is 14.9 Å². The lowest BCUT2D eigenvalue weighted by atomic mass is 10.2. The summed E-state index contributed by atoms with van der Waals surface area (Å²) in [6.45, 7) is 4.15. The van der Waals surface area contributed by atoms with Crippen LogP contribution in [0.4, 0.5) is 0 Å². The van der Waals surface area contributed by atoms with Gasteiger partial charge in [0.25, 0.3) is 0 Å². The quantitative estimate of drug-likeness (QED) is 0.854. The Bertz CT molecular complexity index is 607. The van der Waals surface area contributed by atoms with E-state index in [9.17, 15) is 0 Å². The summed E-state index contributed by atoms with van der Waals surface area (Å²) in [5.41, 5.74) is 1.05. The highest BCUT2D eigenvalue weighted by atomic mass is 35.5. The number of benzene rings is 1. The van der Waals surface area contributed by atoms with Crippen LogP contribution in [-0.2, 0) is 13.1 Å². The first-order valence-electron chi connectivity index (χ1n) is 7.35. The zero-order valence-electron chi connectivity index (χ0n) is 12.2. The van der Waals surface area contributed by atoms with Crippen molar-refractivity contribution in [3.63, 3.8) is 0 Å². The summed E-state index contributed by atoms with van der Waals surface area (Å²) >= 11 is 6.30. The van der Waals surface area contributed by atoms with E-state index in [0.717, 1.165) is 35.2 Å². The van der Waals surface area contributed by atoms with Crippen molar-refractivity contribution in [1.29, 1.82) is 0 Å². The van der Waals surface area contributed by atoms with Gasteiger partial charge in [-0.25, -0.2) is 4.98 Å². The van der Waals surface area contributed by atoms with Gasteiger partial charge in [0.15, 0.2) is 0 Å². The van der Waals surface area contributed by atoms with Gasteiger partial charge in [-0.1, -0.05) is 17.7 Å². The molecule has 1 fully saturated rings. The molecule has 1 aliphatic carbocycles. The van der Waals surface area contributed by atoms with Crippen LogP contribution in [0.3, 0.4) is 0 Å². The van der Waals surface area contributed by atoms with Gasteiger partial charge < -0.3 is 14.6 Å². The van der Waals surface area contributed by atoms with Crippen LogP contribution in [0.1, 0.15) is 24.2 Å². The van der Waals surface area contributed by atoms with E-state index >= 15 is 0 Å². The smallest absolute Gasteiger partial charge is 0.125 e. The number of nitrogens with zero attached hydrogens (tertiary/aromatic N) is 2. The Morgan fingerprint density at radius 2 is 2.29 bits per heavy atom. The number of hydrogen-bond acceptors (Lipinski definition) is 3. The molecule has 4 nitrogen and oxygen atoms in total. The summed E-state index contributed by atoms with van der Waals surface area (Å²) in [6.07, 6.45) is 6.30. The average Bonchev–Trinajstić information content (AvgIpc) is 3.21. The molecule has 1 aromatic carbocycles. The highest BCUT2D eigenvalue weighted by molar-refractivity contribution is 6.31. The predicted octanol–water partition coefficient (Wildman–Crippen LogP) is 3.18. The summed E-state index contributed by atoms with van der Waals surface area (Å²) in [5.74, 6) is 1.87. The molecule has 3 rings (SSSR count). The Morgan fingerprint density at radius 3 is 3.00 bits per heavy atom. The fourth-order valence-electron chi connectivity index (χ4n) is 2.27. The van der Waals surface area contributed by atoms with Crippen molar-refractivity contribution in [2.45, 2.75) is 38.9 Å². The number of halogens is 1. The maximum atomic E-state index is 6.30. The maximum Gasteiger partial charge on any atom is 0.125 e. The topological polar surface area (TPSA) is 39.1 Å². The van der Waals surface area contributed by atoms with Crippen molar-refractivity contribution in [1.82, 2.24) is 14.9 Å². The molecule has 1 aliphatic rings. The van der Waals surface area contributed by atoms with Gasteiger partial charge in [0.05, 0.1) is 6.54 Å². The molecule has 21 heavy (non-hydrogen) atoms. The summed E-state index contributed by atoms with van der Waals surface area (Å²) in [5, 5.41) is 4.25. The van der Waals surface area contributed by atoms with Gasteiger partial charge >= 0.3 is 0 Å². The van der Waals surface area contributed by atoms with Crippen LogP contribution < -0.4 is 10.1 Å². The van der Waals surface area contributed by atoms with Gasteiger partial charge in [-0.3, -0.25) is 0 Å². The number of aromatic nitrogens is 2. The minimum atomic E-state index is 0.605. The first-order valence-corrected chi connectivity index (χ1v) is 7.73. The number of hydrogen-bond donors (Lipinski definition) is 1. The Balaban J connectivity index is 1.60. The molecule has 1 aromatic heterocycles. The molecule has 5 heteroatoms. The van der Waals surface area contributed by atoms with Crippen LogP contribution in [0.5, 0.6) is 5.75 Å². The SMILES string of the molecule is Cc1nccn1CCOc1cccc(Cl)c1CNC1CC1. The number of nitrogens with one attached hydrogen (secondary N) is 1. The largest absolute Gasteiger partial charge is 0.491 e. The van der Waals surface area contributed by atoms with Gasteiger partial charge in [0.1, 0.15) is 18.2 Å². The van der Waals surface area contributed by atoms with E-state index in [1.54, 1.807) is 6.20 Å². The summed E-state index contributed by atoms with van der Waals surface area (Å²) < 4.78 is 8.00. The van der Waals surface area contributed by atoms with E-state index in [1.165, 1.54) is 12.8 Å². The van der Waals surface area contributed by atoms with Crippen molar-refractivity contribution >= 4 is 11.6 Å². The molecule has 1 saturated carbocycles. The fourth-order valence-corrected chi connectivity index (χ4v) is 2.51. The second-order valence-corrected chi connectivity index (χ2v) is 5.80. The first kappa shape index (κ1) is 14.4. The minimum absolute atomic E-state index is 0.605. The molecular formula is C16H20ClN3O. The Hall–Kier alpha value is -1.52. The lowest BCUT2D eigenvalue weighted by Crippen LogP contribution is -2.17. The number of rotatable bonds is 7. The highest BCUT2D eigenvalue weighted by Crippen LogP contribution is 2.28. The lowest BCUT2D eigenvalue weighted by molar-refractivity contribution is 0.293.